The van der Waals surface area contributed by atoms with Gasteiger partial charge < -0.3 is 15.3 Å². The lowest BCUT2D eigenvalue weighted by molar-refractivity contribution is 0.0917. The number of amides is 1. The topological polar surface area (TPSA) is 52.6 Å². The second-order valence-electron chi connectivity index (χ2n) is 5.05. The Balaban J connectivity index is 2.72. The highest BCUT2D eigenvalue weighted by molar-refractivity contribution is 9.10. The molecule has 0 saturated carbocycles. The Morgan fingerprint density at radius 3 is 2.56 bits per heavy atom. The maximum absolute atomic E-state index is 11.9. The fourth-order valence-electron chi connectivity index (χ4n) is 1.25. The molecule has 0 aliphatic rings. The van der Waals surface area contributed by atoms with Crippen LogP contribution in [-0.4, -0.2) is 42.1 Å². The molecule has 0 spiro atoms. The van der Waals surface area contributed by atoms with Crippen LogP contribution in [0.15, 0.2) is 22.7 Å². The summed E-state index contributed by atoms with van der Waals surface area (Å²) < 4.78 is 0.741. The Bertz CT molecular complexity index is 445. The molecule has 0 unspecified atom stereocenters. The van der Waals surface area contributed by atoms with Gasteiger partial charge in [0.25, 0.3) is 5.91 Å². The van der Waals surface area contributed by atoms with Crippen molar-refractivity contribution in [1.82, 2.24) is 10.2 Å². The number of hydrogen-bond acceptors (Lipinski definition) is 3. The van der Waals surface area contributed by atoms with Crippen LogP contribution in [-0.2, 0) is 0 Å². The van der Waals surface area contributed by atoms with Crippen molar-refractivity contribution in [2.45, 2.75) is 19.4 Å². The second kappa shape index (κ2) is 5.71. The largest absolute Gasteiger partial charge is 0.507 e. The molecule has 0 aliphatic heterocycles. The maximum Gasteiger partial charge on any atom is 0.255 e. The average molecular weight is 315 g/mol. The van der Waals surface area contributed by atoms with Gasteiger partial charge in [-0.25, -0.2) is 0 Å². The van der Waals surface area contributed by atoms with Crippen molar-refractivity contribution < 1.29 is 9.90 Å². The highest BCUT2D eigenvalue weighted by Crippen LogP contribution is 2.22. The maximum atomic E-state index is 11.9. The summed E-state index contributed by atoms with van der Waals surface area (Å²) in [5.41, 5.74) is 0.147. The number of hydrogen-bond donors (Lipinski definition) is 2. The number of phenols is 1. The molecule has 0 aliphatic carbocycles. The van der Waals surface area contributed by atoms with Gasteiger partial charge in [0.2, 0.25) is 0 Å². The summed E-state index contributed by atoms with van der Waals surface area (Å²) in [4.78, 5) is 14.0. The van der Waals surface area contributed by atoms with E-state index in [0.717, 1.165) is 4.47 Å². The third-order valence-electron chi connectivity index (χ3n) is 3.10. The zero-order valence-electron chi connectivity index (χ0n) is 11.1. The second-order valence-corrected chi connectivity index (χ2v) is 5.97. The number of carbonyl (C=O) groups is 1. The minimum absolute atomic E-state index is 0.0236. The van der Waals surface area contributed by atoms with Gasteiger partial charge in [-0.1, -0.05) is 15.9 Å². The summed E-state index contributed by atoms with van der Waals surface area (Å²) in [6.45, 7) is 4.58. The van der Waals surface area contributed by atoms with Crippen LogP contribution >= 0.6 is 15.9 Å². The van der Waals surface area contributed by atoms with Crippen LogP contribution < -0.4 is 5.32 Å². The van der Waals surface area contributed by atoms with Gasteiger partial charge in [0.05, 0.1) is 5.56 Å². The van der Waals surface area contributed by atoms with Gasteiger partial charge in [0.1, 0.15) is 5.75 Å². The van der Waals surface area contributed by atoms with Crippen LogP contribution in [0.25, 0.3) is 0 Å². The van der Waals surface area contributed by atoms with Crippen molar-refractivity contribution in [3.8, 4) is 5.75 Å². The zero-order chi connectivity index (χ0) is 13.9. The van der Waals surface area contributed by atoms with Gasteiger partial charge in [-0.05, 0) is 46.1 Å². The third-order valence-corrected chi connectivity index (χ3v) is 3.59. The number of likely N-dealkylation sites (N-methyl/N-ethyl adjacent to an activating group) is 1. The van der Waals surface area contributed by atoms with E-state index in [0.29, 0.717) is 6.54 Å². The molecule has 100 valence electrons. The van der Waals surface area contributed by atoms with Crippen molar-refractivity contribution in [2.75, 3.05) is 20.6 Å². The molecular formula is C13H19BrN2O2. The highest BCUT2D eigenvalue weighted by atomic mass is 79.9. The van der Waals surface area contributed by atoms with Crippen molar-refractivity contribution in [1.29, 1.82) is 0 Å². The lowest BCUT2D eigenvalue weighted by Gasteiger charge is -2.32. The standard InChI is InChI=1S/C13H19BrN2O2/c1-13(2,16(3)4)8-15-12(18)10-6-5-9(14)7-11(10)17/h5-7,17H,8H2,1-4H3,(H,15,18). The first-order chi connectivity index (χ1) is 8.24. The Morgan fingerprint density at radius 1 is 1.44 bits per heavy atom. The van der Waals surface area contributed by atoms with E-state index in [9.17, 15) is 9.90 Å². The molecule has 18 heavy (non-hydrogen) atoms. The van der Waals surface area contributed by atoms with Crippen LogP contribution in [0.5, 0.6) is 5.75 Å². The minimum Gasteiger partial charge on any atom is -0.507 e. The quantitative estimate of drug-likeness (QED) is 0.896. The van der Waals surface area contributed by atoms with E-state index >= 15 is 0 Å². The summed E-state index contributed by atoms with van der Waals surface area (Å²) in [7, 11) is 3.92. The fraction of sp³-hybridized carbons (Fsp3) is 0.462. The normalized spacial score (nSPS) is 11.7. The smallest absolute Gasteiger partial charge is 0.255 e. The predicted molar refractivity (Wildman–Crippen MR) is 75.9 cm³/mol. The minimum atomic E-state index is -0.269. The summed E-state index contributed by atoms with van der Waals surface area (Å²) >= 11 is 3.24. The Labute approximate surface area is 116 Å². The van der Waals surface area contributed by atoms with Gasteiger partial charge in [-0.2, -0.15) is 0 Å². The molecule has 1 amide bonds. The van der Waals surface area contributed by atoms with Crippen molar-refractivity contribution >= 4 is 21.8 Å². The molecule has 0 bridgehead atoms. The van der Waals surface area contributed by atoms with Crippen molar-refractivity contribution in [2.24, 2.45) is 0 Å². The van der Waals surface area contributed by atoms with Gasteiger partial charge in [0, 0.05) is 16.6 Å². The molecule has 0 atom stereocenters. The predicted octanol–water partition coefficient (Wildman–Crippen LogP) is 2.22. The number of carbonyl (C=O) groups excluding carboxylic acids is 1. The van der Waals surface area contributed by atoms with Crippen LogP contribution in [0.1, 0.15) is 24.2 Å². The van der Waals surface area contributed by atoms with E-state index in [1.54, 1.807) is 12.1 Å². The van der Waals surface area contributed by atoms with E-state index in [1.807, 2.05) is 32.8 Å². The fourth-order valence-corrected chi connectivity index (χ4v) is 1.60. The Morgan fingerprint density at radius 2 is 2.06 bits per heavy atom. The molecule has 1 aromatic carbocycles. The monoisotopic (exact) mass is 314 g/mol. The lowest BCUT2D eigenvalue weighted by Crippen LogP contribution is -2.48. The Kier molecular flexibility index (Phi) is 4.76. The molecule has 5 heteroatoms. The number of nitrogens with one attached hydrogen (secondary N) is 1. The van der Waals surface area contributed by atoms with E-state index in [1.165, 1.54) is 6.07 Å². The molecule has 0 fully saturated rings. The first kappa shape index (κ1) is 15.0. The van der Waals surface area contributed by atoms with E-state index in [2.05, 4.69) is 21.2 Å². The first-order valence-electron chi connectivity index (χ1n) is 5.68. The molecule has 4 nitrogen and oxygen atoms in total. The SMILES string of the molecule is CN(C)C(C)(C)CNC(=O)c1ccc(Br)cc1O. The van der Waals surface area contributed by atoms with Crippen molar-refractivity contribution in [3.63, 3.8) is 0 Å². The third kappa shape index (κ3) is 3.71. The van der Waals surface area contributed by atoms with Crippen LogP contribution in [0.4, 0.5) is 0 Å². The number of aromatic hydroxyl groups is 1. The number of phenolic OH excluding ortho intramolecular Hbond substituents is 1. The molecule has 2 N–H and O–H groups in total. The van der Waals surface area contributed by atoms with Crippen LogP contribution in [0.2, 0.25) is 0 Å². The van der Waals surface area contributed by atoms with Gasteiger partial charge in [-0.15, -0.1) is 0 Å². The van der Waals surface area contributed by atoms with E-state index < -0.39 is 0 Å². The van der Waals surface area contributed by atoms with E-state index in [4.69, 9.17) is 0 Å². The number of rotatable bonds is 4. The van der Waals surface area contributed by atoms with Gasteiger partial charge in [-0.3, -0.25) is 4.79 Å². The zero-order valence-corrected chi connectivity index (χ0v) is 12.7. The lowest BCUT2D eigenvalue weighted by atomic mass is 10.0. The van der Waals surface area contributed by atoms with E-state index in [-0.39, 0.29) is 22.8 Å². The summed E-state index contributed by atoms with van der Waals surface area (Å²) in [6.07, 6.45) is 0. The van der Waals surface area contributed by atoms with Gasteiger partial charge >= 0.3 is 0 Å². The summed E-state index contributed by atoms with van der Waals surface area (Å²) in [5, 5.41) is 12.5. The van der Waals surface area contributed by atoms with Gasteiger partial charge in [0.15, 0.2) is 0 Å². The molecule has 0 radical (unpaired) electrons. The molecule has 0 saturated heterocycles. The average Bonchev–Trinajstić information content (AvgIpc) is 2.25. The number of halogens is 1. The van der Waals surface area contributed by atoms with Crippen molar-refractivity contribution in [3.05, 3.63) is 28.2 Å². The summed E-state index contributed by atoms with van der Waals surface area (Å²) in [5.74, 6) is -0.292. The first-order valence-corrected chi connectivity index (χ1v) is 6.47. The number of nitrogens with zero attached hydrogens (tertiary/aromatic N) is 1. The van der Waals surface area contributed by atoms with Crippen LogP contribution in [0.3, 0.4) is 0 Å². The molecule has 0 aromatic heterocycles. The molecule has 1 rings (SSSR count). The molecular weight excluding hydrogens is 296 g/mol. The Hall–Kier alpha value is -1.07. The number of benzene rings is 1. The highest BCUT2D eigenvalue weighted by Gasteiger charge is 2.22. The molecule has 1 aromatic rings. The molecule has 0 heterocycles. The summed E-state index contributed by atoms with van der Waals surface area (Å²) in [6, 6.07) is 4.83. The van der Waals surface area contributed by atoms with Crippen LogP contribution in [0, 0.1) is 0 Å².